The smallest absolute Gasteiger partial charge is 0.0414 e. The Hall–Kier alpha value is 0. The molecule has 0 bridgehead atoms. The Kier molecular flexibility index (Phi) is 32.3. The van der Waals surface area contributed by atoms with E-state index in [1.165, 1.54) is 205 Å². The average molecular weight is 589 g/mol. The maximum absolute atomic E-state index is 2.31. The highest BCUT2D eigenvalue weighted by atomic mass is 14.3. The van der Waals surface area contributed by atoms with E-state index in [1.54, 1.807) is 38.5 Å². The Bertz CT molecular complexity index is 428. The van der Waals surface area contributed by atoms with Crippen molar-refractivity contribution in [1.82, 2.24) is 0 Å². The van der Waals surface area contributed by atoms with E-state index in [4.69, 9.17) is 0 Å². The quantitative estimate of drug-likeness (QED) is 0.0656. The van der Waals surface area contributed by atoms with E-state index in [9.17, 15) is 0 Å². The molecular weight excluding hydrogens is 504 g/mol. The molecule has 0 heterocycles. The second-order valence-corrected chi connectivity index (χ2v) is 15.1. The molecule has 1 aliphatic carbocycles. The van der Waals surface area contributed by atoms with Crippen LogP contribution in [0.15, 0.2) is 0 Å². The summed E-state index contributed by atoms with van der Waals surface area (Å²) in [6.07, 6.45) is 56.9. The van der Waals surface area contributed by atoms with Crippen molar-refractivity contribution in [2.75, 3.05) is 0 Å². The predicted octanol–water partition coefficient (Wildman–Crippen LogP) is 16.1. The molecule has 0 heteroatoms. The highest BCUT2D eigenvalue weighted by molar-refractivity contribution is 4.73. The lowest BCUT2D eigenvalue weighted by Gasteiger charge is -2.28. The van der Waals surface area contributed by atoms with Gasteiger partial charge in [0.15, 0.2) is 0 Å². The van der Waals surface area contributed by atoms with Crippen molar-refractivity contribution in [3.63, 3.8) is 0 Å². The molecule has 0 aliphatic heterocycles. The van der Waals surface area contributed by atoms with Gasteiger partial charge < -0.3 is 0 Å². The molecule has 0 amide bonds. The van der Waals surface area contributed by atoms with Gasteiger partial charge in [0.2, 0.25) is 0 Å². The van der Waals surface area contributed by atoms with Gasteiger partial charge in [-0.15, -0.1) is 0 Å². The summed E-state index contributed by atoms with van der Waals surface area (Å²) in [5, 5.41) is 0. The molecule has 0 aromatic carbocycles. The second kappa shape index (κ2) is 33.9. The molecular formula is C42H84. The summed E-state index contributed by atoms with van der Waals surface area (Å²) >= 11 is 0. The zero-order valence-electron chi connectivity index (χ0n) is 30.0. The Balaban J connectivity index is 1.73. The number of hydrogen-bond donors (Lipinski definition) is 0. The number of unbranched alkanes of at least 4 members (excludes halogenated alkanes) is 30. The molecule has 0 aromatic heterocycles. The van der Waals surface area contributed by atoms with Gasteiger partial charge in [-0.3, -0.25) is 0 Å². The van der Waals surface area contributed by atoms with Crippen molar-refractivity contribution in [3.05, 3.63) is 0 Å². The van der Waals surface area contributed by atoms with Crippen LogP contribution in [0, 0.1) is 11.8 Å². The van der Waals surface area contributed by atoms with Gasteiger partial charge in [-0.1, -0.05) is 258 Å². The monoisotopic (exact) mass is 589 g/mol. The Labute approximate surface area is 269 Å². The van der Waals surface area contributed by atoms with Gasteiger partial charge in [-0.05, 0) is 11.8 Å². The van der Waals surface area contributed by atoms with E-state index < -0.39 is 0 Å². The van der Waals surface area contributed by atoms with Gasteiger partial charge in [0, 0.05) is 0 Å². The molecule has 0 radical (unpaired) electrons. The molecule has 0 aromatic rings. The summed E-state index contributed by atoms with van der Waals surface area (Å²) < 4.78 is 0. The summed E-state index contributed by atoms with van der Waals surface area (Å²) in [6, 6.07) is 0. The minimum absolute atomic E-state index is 1.08. The Morgan fingerprint density at radius 2 is 0.405 bits per heavy atom. The van der Waals surface area contributed by atoms with Crippen molar-refractivity contribution >= 4 is 0 Å². The summed E-state index contributed by atoms with van der Waals surface area (Å²) in [7, 11) is 0. The van der Waals surface area contributed by atoms with Crippen molar-refractivity contribution in [2.24, 2.45) is 11.8 Å². The number of hydrogen-bond acceptors (Lipinski definition) is 0. The largest absolute Gasteiger partial charge is 0.0654 e. The van der Waals surface area contributed by atoms with Crippen molar-refractivity contribution in [1.29, 1.82) is 0 Å². The van der Waals surface area contributed by atoms with E-state index in [-0.39, 0.29) is 0 Å². The summed E-state index contributed by atoms with van der Waals surface area (Å²) in [4.78, 5) is 0. The molecule has 1 rings (SSSR count). The third-order valence-corrected chi connectivity index (χ3v) is 10.9. The SMILES string of the molecule is CCCCCCCCCCCCCCCCCCC1CCC(CCCCCCCCCCCCCCCCCC)CC1. The maximum atomic E-state index is 2.31. The first-order valence-electron chi connectivity index (χ1n) is 20.9. The lowest BCUT2D eigenvalue weighted by molar-refractivity contribution is 0.244. The first kappa shape index (κ1) is 40.0. The average Bonchev–Trinajstić information content (AvgIpc) is 3.01. The molecule has 252 valence electrons. The molecule has 0 unspecified atom stereocenters. The first-order valence-corrected chi connectivity index (χ1v) is 20.9. The molecule has 1 aliphatic rings. The molecule has 0 spiro atoms. The topological polar surface area (TPSA) is 0 Å². The van der Waals surface area contributed by atoms with Crippen LogP contribution >= 0.6 is 0 Å². The van der Waals surface area contributed by atoms with Gasteiger partial charge >= 0.3 is 0 Å². The van der Waals surface area contributed by atoms with Gasteiger partial charge in [-0.2, -0.15) is 0 Å². The zero-order chi connectivity index (χ0) is 30.0. The minimum atomic E-state index is 1.08. The molecule has 0 nitrogen and oxygen atoms in total. The van der Waals surface area contributed by atoms with Crippen molar-refractivity contribution in [3.8, 4) is 0 Å². The van der Waals surface area contributed by atoms with Crippen molar-refractivity contribution in [2.45, 2.75) is 258 Å². The summed E-state index contributed by atoms with van der Waals surface area (Å²) in [6.45, 7) is 4.63. The van der Waals surface area contributed by atoms with Gasteiger partial charge in [0.1, 0.15) is 0 Å². The maximum Gasteiger partial charge on any atom is -0.0414 e. The molecule has 0 N–H and O–H groups in total. The standard InChI is InChI=1S/C42H84/c1-3-5-7-9-11-13-15-17-19-21-23-25-27-29-31-33-35-41-37-39-42(40-38-41)36-34-32-30-28-26-24-22-20-18-16-14-12-10-8-6-4-2/h41-42H,3-40H2,1-2H3. The highest BCUT2D eigenvalue weighted by Crippen LogP contribution is 2.34. The summed E-state index contributed by atoms with van der Waals surface area (Å²) in [5.74, 6) is 2.16. The van der Waals surface area contributed by atoms with E-state index in [2.05, 4.69) is 13.8 Å². The van der Waals surface area contributed by atoms with Gasteiger partial charge in [0.25, 0.3) is 0 Å². The second-order valence-electron chi connectivity index (χ2n) is 15.1. The van der Waals surface area contributed by atoms with Crippen LogP contribution in [0.5, 0.6) is 0 Å². The minimum Gasteiger partial charge on any atom is -0.0654 e. The van der Waals surface area contributed by atoms with Crippen LogP contribution in [0.4, 0.5) is 0 Å². The van der Waals surface area contributed by atoms with E-state index in [0.717, 1.165) is 11.8 Å². The van der Waals surface area contributed by atoms with Crippen LogP contribution in [0.2, 0.25) is 0 Å². The molecule has 1 saturated carbocycles. The third-order valence-electron chi connectivity index (χ3n) is 10.9. The van der Waals surface area contributed by atoms with Crippen LogP contribution in [0.3, 0.4) is 0 Å². The predicted molar refractivity (Wildman–Crippen MR) is 194 cm³/mol. The summed E-state index contributed by atoms with van der Waals surface area (Å²) in [5.41, 5.74) is 0. The molecule has 42 heavy (non-hydrogen) atoms. The third kappa shape index (κ3) is 28.8. The molecule has 0 saturated heterocycles. The highest BCUT2D eigenvalue weighted by Gasteiger charge is 2.20. The molecule has 0 atom stereocenters. The van der Waals surface area contributed by atoms with Crippen LogP contribution in [-0.4, -0.2) is 0 Å². The normalized spacial score (nSPS) is 17.3. The van der Waals surface area contributed by atoms with E-state index >= 15 is 0 Å². The van der Waals surface area contributed by atoms with Crippen LogP contribution in [-0.2, 0) is 0 Å². The molecule has 1 fully saturated rings. The Morgan fingerprint density at radius 1 is 0.238 bits per heavy atom. The fraction of sp³-hybridized carbons (Fsp3) is 1.00. The van der Waals surface area contributed by atoms with E-state index in [1.807, 2.05) is 0 Å². The van der Waals surface area contributed by atoms with Crippen LogP contribution < -0.4 is 0 Å². The lowest BCUT2D eigenvalue weighted by atomic mass is 9.78. The number of rotatable bonds is 34. The fourth-order valence-electron chi connectivity index (χ4n) is 7.77. The van der Waals surface area contributed by atoms with Crippen molar-refractivity contribution < 1.29 is 0 Å². The zero-order valence-corrected chi connectivity index (χ0v) is 30.0. The van der Waals surface area contributed by atoms with Crippen LogP contribution in [0.25, 0.3) is 0 Å². The van der Waals surface area contributed by atoms with Gasteiger partial charge in [0.05, 0.1) is 0 Å². The van der Waals surface area contributed by atoms with E-state index in [0.29, 0.717) is 0 Å². The Morgan fingerprint density at radius 3 is 0.595 bits per heavy atom. The fourth-order valence-corrected chi connectivity index (χ4v) is 7.77. The first-order chi connectivity index (χ1) is 20.9. The van der Waals surface area contributed by atoms with Crippen LogP contribution in [0.1, 0.15) is 258 Å². The van der Waals surface area contributed by atoms with Gasteiger partial charge in [-0.25, -0.2) is 0 Å². The lowest BCUT2D eigenvalue weighted by Crippen LogP contribution is -2.14.